The zero-order valence-corrected chi connectivity index (χ0v) is 15.2. The molecule has 2 aromatic carbocycles. The lowest BCUT2D eigenvalue weighted by Gasteiger charge is -2.10. The quantitative estimate of drug-likeness (QED) is 0.569. The van der Waals surface area contributed by atoms with Gasteiger partial charge < -0.3 is 15.4 Å². The van der Waals surface area contributed by atoms with Crippen molar-refractivity contribution in [3.8, 4) is 0 Å². The molecule has 2 rings (SSSR count). The SMILES string of the molecule is COC(=O)c1ccc(Cl)c(NC(=O)CNCCc2cccc(Cl)c2)c1. The summed E-state index contributed by atoms with van der Waals surface area (Å²) in [6.07, 6.45) is 0.756. The maximum Gasteiger partial charge on any atom is 0.337 e. The molecule has 0 aliphatic heterocycles. The maximum absolute atomic E-state index is 12.0. The Labute approximate surface area is 156 Å². The number of carbonyl (C=O) groups excluding carboxylic acids is 2. The van der Waals surface area contributed by atoms with E-state index in [0.717, 1.165) is 12.0 Å². The van der Waals surface area contributed by atoms with Crippen LogP contribution in [0.1, 0.15) is 15.9 Å². The van der Waals surface area contributed by atoms with E-state index in [0.29, 0.717) is 27.8 Å². The Morgan fingerprint density at radius 1 is 1.12 bits per heavy atom. The highest BCUT2D eigenvalue weighted by molar-refractivity contribution is 6.34. The summed E-state index contributed by atoms with van der Waals surface area (Å²) in [5, 5.41) is 6.76. The van der Waals surface area contributed by atoms with E-state index in [-0.39, 0.29) is 12.5 Å². The summed E-state index contributed by atoms with van der Waals surface area (Å²) in [6, 6.07) is 12.1. The van der Waals surface area contributed by atoms with Gasteiger partial charge in [0.05, 0.1) is 29.9 Å². The van der Waals surface area contributed by atoms with E-state index in [2.05, 4.69) is 15.4 Å². The van der Waals surface area contributed by atoms with Crippen molar-refractivity contribution in [2.24, 2.45) is 0 Å². The summed E-state index contributed by atoms with van der Waals surface area (Å²) in [4.78, 5) is 23.5. The second-order valence-corrected chi connectivity index (χ2v) is 6.13. The molecule has 25 heavy (non-hydrogen) atoms. The van der Waals surface area contributed by atoms with Gasteiger partial charge in [0.15, 0.2) is 0 Å². The zero-order chi connectivity index (χ0) is 18.2. The molecule has 0 heterocycles. The van der Waals surface area contributed by atoms with Crippen LogP contribution in [0.5, 0.6) is 0 Å². The van der Waals surface area contributed by atoms with Crippen LogP contribution >= 0.6 is 23.2 Å². The van der Waals surface area contributed by atoms with Crippen molar-refractivity contribution >= 4 is 40.8 Å². The Balaban J connectivity index is 1.83. The molecule has 0 aliphatic rings. The van der Waals surface area contributed by atoms with Crippen molar-refractivity contribution in [2.75, 3.05) is 25.5 Å². The van der Waals surface area contributed by atoms with Gasteiger partial charge in [0.25, 0.3) is 0 Å². The lowest BCUT2D eigenvalue weighted by Crippen LogP contribution is -2.29. The summed E-state index contributed by atoms with van der Waals surface area (Å²) in [7, 11) is 1.29. The molecule has 0 aliphatic carbocycles. The van der Waals surface area contributed by atoms with Crippen molar-refractivity contribution in [1.82, 2.24) is 5.32 Å². The molecule has 0 fully saturated rings. The van der Waals surface area contributed by atoms with Gasteiger partial charge in [-0.3, -0.25) is 4.79 Å². The van der Waals surface area contributed by atoms with Crippen molar-refractivity contribution in [3.05, 3.63) is 63.6 Å². The van der Waals surface area contributed by atoms with Crippen molar-refractivity contribution in [2.45, 2.75) is 6.42 Å². The van der Waals surface area contributed by atoms with Crippen molar-refractivity contribution in [3.63, 3.8) is 0 Å². The molecule has 0 saturated carbocycles. The van der Waals surface area contributed by atoms with Gasteiger partial charge in [-0.1, -0.05) is 35.3 Å². The lowest BCUT2D eigenvalue weighted by atomic mass is 10.1. The van der Waals surface area contributed by atoms with Gasteiger partial charge in [0.1, 0.15) is 0 Å². The smallest absolute Gasteiger partial charge is 0.337 e. The monoisotopic (exact) mass is 380 g/mol. The fraction of sp³-hybridized carbons (Fsp3) is 0.222. The van der Waals surface area contributed by atoms with E-state index in [4.69, 9.17) is 23.2 Å². The average molecular weight is 381 g/mol. The highest BCUT2D eigenvalue weighted by Gasteiger charge is 2.11. The van der Waals surface area contributed by atoms with E-state index in [1.807, 2.05) is 24.3 Å². The molecule has 0 radical (unpaired) electrons. The normalized spacial score (nSPS) is 10.4. The number of methoxy groups -OCH3 is 1. The van der Waals surface area contributed by atoms with Gasteiger partial charge in [-0.15, -0.1) is 0 Å². The summed E-state index contributed by atoms with van der Waals surface area (Å²) < 4.78 is 4.65. The first-order valence-corrected chi connectivity index (χ1v) is 8.38. The molecule has 132 valence electrons. The van der Waals surface area contributed by atoms with Gasteiger partial charge in [0, 0.05) is 5.02 Å². The first-order chi connectivity index (χ1) is 12.0. The second-order valence-electron chi connectivity index (χ2n) is 5.29. The first-order valence-electron chi connectivity index (χ1n) is 7.62. The molecule has 0 atom stereocenters. The number of halogens is 2. The fourth-order valence-electron chi connectivity index (χ4n) is 2.19. The van der Waals surface area contributed by atoms with Crippen LogP contribution in [0.3, 0.4) is 0 Å². The highest BCUT2D eigenvalue weighted by atomic mass is 35.5. The van der Waals surface area contributed by atoms with E-state index in [9.17, 15) is 9.59 Å². The van der Waals surface area contributed by atoms with Crippen LogP contribution in [0.2, 0.25) is 10.0 Å². The molecular formula is C18H18Cl2N2O3. The number of rotatable bonds is 7. The molecule has 5 nitrogen and oxygen atoms in total. The molecule has 0 unspecified atom stereocenters. The molecular weight excluding hydrogens is 363 g/mol. The number of amides is 1. The van der Waals surface area contributed by atoms with Gasteiger partial charge in [0.2, 0.25) is 5.91 Å². The molecule has 2 N–H and O–H groups in total. The van der Waals surface area contributed by atoms with Gasteiger partial charge in [-0.2, -0.15) is 0 Å². The molecule has 0 bridgehead atoms. The van der Waals surface area contributed by atoms with Crippen LogP contribution in [0.25, 0.3) is 0 Å². The molecule has 0 aromatic heterocycles. The number of esters is 1. The van der Waals surface area contributed by atoms with Crippen LogP contribution in [0.15, 0.2) is 42.5 Å². The Morgan fingerprint density at radius 2 is 1.92 bits per heavy atom. The minimum absolute atomic E-state index is 0.124. The number of hydrogen-bond donors (Lipinski definition) is 2. The number of benzene rings is 2. The fourth-order valence-corrected chi connectivity index (χ4v) is 2.57. The summed E-state index contributed by atoms with van der Waals surface area (Å²) in [6.45, 7) is 0.753. The number of nitrogens with one attached hydrogen (secondary N) is 2. The maximum atomic E-state index is 12.0. The standard InChI is InChI=1S/C18H18Cl2N2O3/c1-25-18(24)13-5-6-15(20)16(10-13)22-17(23)11-21-8-7-12-3-2-4-14(19)9-12/h2-6,9-10,21H,7-8,11H2,1H3,(H,22,23). The summed E-state index contributed by atoms with van der Waals surface area (Å²) >= 11 is 12.0. The Bertz CT molecular complexity index is 766. The van der Waals surface area contributed by atoms with Crippen LogP contribution in [-0.4, -0.2) is 32.1 Å². The number of ether oxygens (including phenoxy) is 1. The zero-order valence-electron chi connectivity index (χ0n) is 13.6. The van der Waals surface area contributed by atoms with Crippen molar-refractivity contribution in [1.29, 1.82) is 0 Å². The summed E-state index contributed by atoms with van der Waals surface area (Å²) in [5.74, 6) is -0.748. The van der Waals surface area contributed by atoms with Gasteiger partial charge in [-0.25, -0.2) is 4.79 Å². The topological polar surface area (TPSA) is 67.4 Å². The largest absolute Gasteiger partial charge is 0.465 e. The third-order valence-electron chi connectivity index (χ3n) is 3.43. The first kappa shape index (κ1) is 19.2. The minimum Gasteiger partial charge on any atom is -0.465 e. The number of carbonyl (C=O) groups is 2. The van der Waals surface area contributed by atoms with Crippen molar-refractivity contribution < 1.29 is 14.3 Å². The second kappa shape index (κ2) is 9.42. The van der Waals surface area contributed by atoms with E-state index < -0.39 is 5.97 Å². The predicted octanol–water partition coefficient (Wildman–Crippen LogP) is 3.55. The van der Waals surface area contributed by atoms with E-state index in [1.165, 1.54) is 25.3 Å². The lowest BCUT2D eigenvalue weighted by molar-refractivity contribution is -0.115. The van der Waals surface area contributed by atoms with Crippen LogP contribution < -0.4 is 10.6 Å². The Morgan fingerprint density at radius 3 is 2.64 bits per heavy atom. The number of hydrogen-bond acceptors (Lipinski definition) is 4. The molecule has 0 spiro atoms. The van der Waals surface area contributed by atoms with E-state index >= 15 is 0 Å². The molecule has 7 heteroatoms. The van der Waals surface area contributed by atoms with E-state index in [1.54, 1.807) is 0 Å². The number of anilines is 1. The van der Waals surface area contributed by atoms with Crippen LogP contribution in [0.4, 0.5) is 5.69 Å². The van der Waals surface area contributed by atoms with Gasteiger partial charge in [-0.05, 0) is 48.9 Å². The predicted molar refractivity (Wildman–Crippen MR) is 99.4 cm³/mol. The third-order valence-corrected chi connectivity index (χ3v) is 3.99. The molecule has 2 aromatic rings. The molecule has 1 amide bonds. The highest BCUT2D eigenvalue weighted by Crippen LogP contribution is 2.23. The van der Waals surface area contributed by atoms with Crippen LogP contribution in [0, 0.1) is 0 Å². The Hall–Kier alpha value is -2.08. The van der Waals surface area contributed by atoms with Gasteiger partial charge >= 0.3 is 5.97 Å². The average Bonchev–Trinajstić information content (AvgIpc) is 2.60. The molecule has 0 saturated heterocycles. The third kappa shape index (κ3) is 6.05. The summed E-state index contributed by atoms with van der Waals surface area (Å²) in [5.41, 5.74) is 1.77. The Kier molecular flexibility index (Phi) is 7.25. The minimum atomic E-state index is -0.494. The van der Waals surface area contributed by atoms with Crippen LogP contribution in [-0.2, 0) is 16.0 Å².